The summed E-state index contributed by atoms with van der Waals surface area (Å²) in [6.07, 6.45) is 0.907. The molecule has 0 aromatic heterocycles. The van der Waals surface area contributed by atoms with Gasteiger partial charge in [-0.1, -0.05) is 19.1 Å². The van der Waals surface area contributed by atoms with Crippen LogP contribution in [0.25, 0.3) is 0 Å². The molecule has 1 atom stereocenters. The molecule has 3 rings (SSSR count). The van der Waals surface area contributed by atoms with Gasteiger partial charge in [-0.05, 0) is 36.2 Å². The number of methoxy groups -OCH3 is 2. The number of hydrogen-bond donors (Lipinski definition) is 1. The highest BCUT2D eigenvalue weighted by molar-refractivity contribution is 6.01. The van der Waals surface area contributed by atoms with E-state index in [9.17, 15) is 14.4 Å². The van der Waals surface area contributed by atoms with Crippen LogP contribution >= 0.6 is 0 Å². The molecule has 2 aromatic carbocycles. The molecule has 2 aromatic rings. The van der Waals surface area contributed by atoms with Crippen molar-refractivity contribution in [3.05, 3.63) is 48.0 Å². The zero-order valence-electron chi connectivity index (χ0n) is 17.8. The van der Waals surface area contributed by atoms with Crippen LogP contribution in [0.2, 0.25) is 0 Å². The first kappa shape index (κ1) is 22.1. The molecule has 1 aliphatic heterocycles. The Morgan fingerprint density at radius 2 is 1.84 bits per heavy atom. The van der Waals surface area contributed by atoms with Gasteiger partial charge in [0.2, 0.25) is 5.91 Å². The van der Waals surface area contributed by atoms with Crippen LogP contribution in [0.15, 0.2) is 42.5 Å². The van der Waals surface area contributed by atoms with E-state index in [-0.39, 0.29) is 18.9 Å². The fourth-order valence-corrected chi connectivity index (χ4v) is 3.38. The number of anilines is 2. The van der Waals surface area contributed by atoms with E-state index in [2.05, 4.69) is 5.32 Å². The van der Waals surface area contributed by atoms with E-state index < -0.39 is 24.4 Å². The molecule has 0 radical (unpaired) electrons. The van der Waals surface area contributed by atoms with Crippen molar-refractivity contribution in [1.29, 1.82) is 0 Å². The molecule has 1 saturated heterocycles. The van der Waals surface area contributed by atoms with Crippen LogP contribution in [0, 0.1) is 5.92 Å². The van der Waals surface area contributed by atoms with Gasteiger partial charge in [-0.3, -0.25) is 14.4 Å². The molecule has 8 heteroatoms. The van der Waals surface area contributed by atoms with Crippen LogP contribution in [0.5, 0.6) is 11.5 Å². The predicted molar refractivity (Wildman–Crippen MR) is 115 cm³/mol. The number of amides is 2. The van der Waals surface area contributed by atoms with E-state index in [1.165, 1.54) is 19.1 Å². The van der Waals surface area contributed by atoms with E-state index in [4.69, 9.17) is 14.2 Å². The highest BCUT2D eigenvalue weighted by atomic mass is 16.5. The molecule has 0 saturated carbocycles. The van der Waals surface area contributed by atoms with Crippen molar-refractivity contribution in [2.24, 2.45) is 5.92 Å². The molecule has 0 unspecified atom stereocenters. The maximum Gasteiger partial charge on any atom is 0.311 e. The van der Waals surface area contributed by atoms with Gasteiger partial charge in [0.1, 0.15) is 11.5 Å². The summed E-state index contributed by atoms with van der Waals surface area (Å²) < 4.78 is 15.7. The molecule has 0 aliphatic carbocycles. The molecule has 1 heterocycles. The average molecular weight is 426 g/mol. The molecule has 31 heavy (non-hydrogen) atoms. The van der Waals surface area contributed by atoms with Crippen LogP contribution in [0.3, 0.4) is 0 Å². The summed E-state index contributed by atoms with van der Waals surface area (Å²) in [4.78, 5) is 38.5. The number of nitrogens with one attached hydrogen (secondary N) is 1. The van der Waals surface area contributed by atoms with E-state index in [1.54, 1.807) is 30.3 Å². The number of hydrogen-bond acceptors (Lipinski definition) is 6. The van der Waals surface area contributed by atoms with Crippen LogP contribution in [-0.2, 0) is 25.5 Å². The summed E-state index contributed by atoms with van der Waals surface area (Å²) >= 11 is 0. The van der Waals surface area contributed by atoms with Gasteiger partial charge in [0.15, 0.2) is 6.61 Å². The lowest BCUT2D eigenvalue weighted by Gasteiger charge is -2.20. The van der Waals surface area contributed by atoms with E-state index >= 15 is 0 Å². The molecule has 2 amide bonds. The summed E-state index contributed by atoms with van der Waals surface area (Å²) in [5, 5.41) is 2.69. The topological polar surface area (TPSA) is 94.2 Å². The van der Waals surface area contributed by atoms with Crippen LogP contribution < -0.4 is 19.7 Å². The predicted octanol–water partition coefficient (Wildman–Crippen LogP) is 2.80. The zero-order chi connectivity index (χ0) is 22.4. The smallest absolute Gasteiger partial charge is 0.311 e. The number of nitrogens with zero attached hydrogens (tertiary/aromatic N) is 1. The van der Waals surface area contributed by atoms with Gasteiger partial charge in [0.05, 0.1) is 25.8 Å². The number of ether oxygens (including phenoxy) is 3. The summed E-state index contributed by atoms with van der Waals surface area (Å²) in [7, 11) is 3.03. The van der Waals surface area contributed by atoms with Gasteiger partial charge in [-0.2, -0.15) is 0 Å². The largest absolute Gasteiger partial charge is 0.497 e. The second kappa shape index (κ2) is 9.97. The third-order valence-electron chi connectivity index (χ3n) is 5.13. The molecular formula is C23H26N2O6. The van der Waals surface area contributed by atoms with Crippen molar-refractivity contribution >= 4 is 29.2 Å². The first-order valence-electron chi connectivity index (χ1n) is 10.0. The Kier molecular flexibility index (Phi) is 7.12. The van der Waals surface area contributed by atoms with Crippen molar-refractivity contribution in [2.45, 2.75) is 19.8 Å². The standard InChI is InChI=1S/C23H26N2O6/c1-4-15-5-7-17(8-6-15)24-21(26)14-31-23(28)16-11-22(27)25(13-16)19-12-18(29-2)9-10-20(19)30-3/h5-10,12,16H,4,11,13-14H2,1-3H3,(H,24,26)/t16-/m0/s1. The summed E-state index contributed by atoms with van der Waals surface area (Å²) in [6.45, 7) is 1.77. The monoisotopic (exact) mass is 426 g/mol. The van der Waals surface area contributed by atoms with Crippen LogP contribution in [-0.4, -0.2) is 45.2 Å². The molecule has 1 fully saturated rings. The van der Waals surface area contributed by atoms with Gasteiger partial charge in [-0.15, -0.1) is 0 Å². The summed E-state index contributed by atoms with van der Waals surface area (Å²) in [5.41, 5.74) is 2.31. The average Bonchev–Trinajstić information content (AvgIpc) is 3.19. The number of benzene rings is 2. The second-order valence-electron chi connectivity index (χ2n) is 7.15. The Morgan fingerprint density at radius 3 is 2.48 bits per heavy atom. The number of esters is 1. The van der Waals surface area contributed by atoms with Gasteiger partial charge < -0.3 is 24.4 Å². The van der Waals surface area contributed by atoms with Gasteiger partial charge in [0, 0.05) is 24.7 Å². The third-order valence-corrected chi connectivity index (χ3v) is 5.13. The highest BCUT2D eigenvalue weighted by Crippen LogP contribution is 2.36. The molecule has 8 nitrogen and oxygen atoms in total. The molecule has 0 spiro atoms. The van der Waals surface area contributed by atoms with Gasteiger partial charge >= 0.3 is 5.97 Å². The SMILES string of the molecule is CCc1ccc(NC(=O)COC(=O)[C@H]2CC(=O)N(c3cc(OC)ccc3OC)C2)cc1. The Hall–Kier alpha value is -3.55. The normalized spacial score (nSPS) is 15.5. The van der Waals surface area contributed by atoms with E-state index in [0.717, 1.165) is 12.0 Å². The third kappa shape index (κ3) is 5.33. The van der Waals surface area contributed by atoms with E-state index in [0.29, 0.717) is 22.9 Å². The van der Waals surface area contributed by atoms with Gasteiger partial charge in [-0.25, -0.2) is 0 Å². The van der Waals surface area contributed by atoms with Crippen molar-refractivity contribution in [1.82, 2.24) is 0 Å². The van der Waals surface area contributed by atoms with Crippen molar-refractivity contribution in [3.8, 4) is 11.5 Å². The minimum atomic E-state index is -0.667. The van der Waals surface area contributed by atoms with Crippen LogP contribution in [0.4, 0.5) is 11.4 Å². The molecule has 0 bridgehead atoms. The highest BCUT2D eigenvalue weighted by Gasteiger charge is 2.37. The summed E-state index contributed by atoms with van der Waals surface area (Å²) in [6, 6.07) is 12.6. The van der Waals surface area contributed by atoms with Crippen molar-refractivity contribution < 1.29 is 28.6 Å². The summed E-state index contributed by atoms with van der Waals surface area (Å²) in [5.74, 6) is -0.855. The Morgan fingerprint density at radius 1 is 1.10 bits per heavy atom. The second-order valence-corrected chi connectivity index (χ2v) is 7.15. The Labute approximate surface area is 181 Å². The lowest BCUT2D eigenvalue weighted by Crippen LogP contribution is -2.28. The number of carbonyl (C=O) groups is 3. The van der Waals surface area contributed by atoms with E-state index in [1.807, 2.05) is 19.1 Å². The lowest BCUT2D eigenvalue weighted by atomic mass is 10.1. The lowest BCUT2D eigenvalue weighted by molar-refractivity contribution is -0.151. The van der Waals surface area contributed by atoms with Crippen molar-refractivity contribution in [2.75, 3.05) is 37.6 Å². The molecule has 1 aliphatic rings. The molecular weight excluding hydrogens is 400 g/mol. The quantitative estimate of drug-likeness (QED) is 0.653. The number of aryl methyl sites for hydroxylation is 1. The fraction of sp³-hybridized carbons (Fsp3) is 0.348. The molecule has 164 valence electrons. The van der Waals surface area contributed by atoms with Crippen molar-refractivity contribution in [3.63, 3.8) is 0 Å². The zero-order valence-corrected chi connectivity index (χ0v) is 17.8. The maximum absolute atomic E-state index is 12.5. The Bertz CT molecular complexity index is 957. The van der Waals surface area contributed by atoms with Crippen LogP contribution in [0.1, 0.15) is 18.9 Å². The molecule has 1 N–H and O–H groups in total. The number of rotatable bonds is 8. The number of carbonyl (C=O) groups excluding carboxylic acids is 3. The Balaban J connectivity index is 1.57. The van der Waals surface area contributed by atoms with Gasteiger partial charge in [0.25, 0.3) is 5.91 Å². The minimum absolute atomic E-state index is 0.000698. The first-order valence-corrected chi connectivity index (χ1v) is 10.0. The first-order chi connectivity index (χ1) is 14.9. The minimum Gasteiger partial charge on any atom is -0.497 e. The maximum atomic E-state index is 12.5. The fourth-order valence-electron chi connectivity index (χ4n) is 3.38.